The maximum Gasteiger partial charge on any atom is 0.394 e. The van der Waals surface area contributed by atoms with Crippen LogP contribution in [0.5, 0.6) is 0 Å². The average Bonchev–Trinajstić information content (AvgIpc) is 2.90. The van der Waals surface area contributed by atoms with Crippen molar-refractivity contribution in [1.82, 2.24) is 14.8 Å². The lowest BCUT2D eigenvalue weighted by molar-refractivity contribution is -0.211. The van der Waals surface area contributed by atoms with Crippen molar-refractivity contribution in [3.05, 3.63) is 34.8 Å². The molecule has 0 saturated carbocycles. The summed E-state index contributed by atoms with van der Waals surface area (Å²) in [5.74, 6) is -1.30. The fourth-order valence-corrected chi connectivity index (χ4v) is 2.87. The molecule has 10 heteroatoms. The molecule has 0 aliphatic rings. The van der Waals surface area contributed by atoms with Crippen molar-refractivity contribution < 1.29 is 31.9 Å². The third-order valence-corrected chi connectivity index (χ3v) is 4.56. The summed E-state index contributed by atoms with van der Waals surface area (Å²) >= 11 is 0. The molecule has 0 atom stereocenters. The summed E-state index contributed by atoms with van der Waals surface area (Å²) in [6, 6.07) is 0.945. The van der Waals surface area contributed by atoms with Crippen molar-refractivity contribution >= 4 is 5.97 Å². The van der Waals surface area contributed by atoms with E-state index in [1.165, 1.54) is 11.6 Å². The van der Waals surface area contributed by atoms with Crippen LogP contribution in [-0.4, -0.2) is 32.0 Å². The lowest BCUT2D eigenvalue weighted by atomic mass is 9.86. The Balaban J connectivity index is 2.61. The van der Waals surface area contributed by atoms with E-state index in [2.05, 4.69) is 10.1 Å². The van der Waals surface area contributed by atoms with Gasteiger partial charge in [-0.05, 0) is 19.9 Å². The number of aromatic nitrogens is 3. The third kappa shape index (κ3) is 4.00. The molecule has 0 aromatic carbocycles. The number of rotatable bonds is 6. The first-order chi connectivity index (χ1) is 12.8. The van der Waals surface area contributed by atoms with E-state index in [0.717, 1.165) is 26.1 Å². The highest BCUT2D eigenvalue weighted by atomic mass is 19.4. The van der Waals surface area contributed by atoms with Crippen molar-refractivity contribution in [2.75, 3.05) is 0 Å². The Morgan fingerprint density at radius 1 is 1.29 bits per heavy atom. The molecule has 2 aromatic heterocycles. The quantitative estimate of drug-likeness (QED) is 0.684. The Kier molecular flexibility index (Phi) is 5.82. The van der Waals surface area contributed by atoms with Crippen LogP contribution >= 0.6 is 0 Å². The molecule has 0 aliphatic carbocycles. The zero-order valence-electron chi connectivity index (χ0n) is 15.7. The molecule has 154 valence electrons. The summed E-state index contributed by atoms with van der Waals surface area (Å²) in [6.45, 7) is 5.26. The molecule has 0 amide bonds. The minimum atomic E-state index is -4.52. The number of carbonyl (C=O) groups is 1. The van der Waals surface area contributed by atoms with Crippen LogP contribution in [0, 0.1) is 12.3 Å². The number of aryl methyl sites for hydroxylation is 1. The highest BCUT2D eigenvalue weighted by Crippen LogP contribution is 2.41. The van der Waals surface area contributed by atoms with Crippen LogP contribution in [0.4, 0.5) is 22.0 Å². The second-order valence-corrected chi connectivity index (χ2v) is 7.07. The highest BCUT2D eigenvalue weighted by Gasteiger charge is 2.47. The van der Waals surface area contributed by atoms with Crippen molar-refractivity contribution in [2.45, 2.75) is 53.3 Å². The number of nitrogens with zero attached hydrogens (tertiary/aromatic N) is 3. The summed E-state index contributed by atoms with van der Waals surface area (Å²) in [4.78, 5) is 15.3. The number of halogens is 5. The van der Waals surface area contributed by atoms with Gasteiger partial charge in [-0.1, -0.05) is 13.8 Å². The first-order valence-electron chi connectivity index (χ1n) is 8.45. The molecule has 2 aromatic rings. The third-order valence-electron chi connectivity index (χ3n) is 4.56. The van der Waals surface area contributed by atoms with Gasteiger partial charge in [0, 0.05) is 41.5 Å². The smallest absolute Gasteiger partial charge is 0.394 e. The van der Waals surface area contributed by atoms with Crippen molar-refractivity contribution in [3.8, 4) is 11.3 Å². The second kappa shape index (κ2) is 7.48. The zero-order chi connectivity index (χ0) is 21.4. The summed E-state index contributed by atoms with van der Waals surface area (Å²) in [7, 11) is 0. The lowest BCUT2D eigenvalue weighted by Crippen LogP contribution is -2.34. The molecular weight excluding hydrogens is 385 g/mol. The minimum absolute atomic E-state index is 0.0529. The SMILES string of the molecule is CCn1nc(C(=O)O)c(C)c1-c1cnc(CC(C)(C)C(F)(F)F)cc1C(F)F. The Bertz CT molecular complexity index is 888. The van der Waals surface area contributed by atoms with Crippen LogP contribution in [0.2, 0.25) is 0 Å². The van der Waals surface area contributed by atoms with Crippen molar-refractivity contribution in [3.63, 3.8) is 0 Å². The molecule has 0 fully saturated rings. The summed E-state index contributed by atoms with van der Waals surface area (Å²) in [5.41, 5.74) is -2.77. The normalized spacial score (nSPS) is 12.6. The molecule has 0 saturated heterocycles. The predicted molar refractivity (Wildman–Crippen MR) is 91.3 cm³/mol. The number of carboxylic acids is 1. The largest absolute Gasteiger partial charge is 0.476 e. The Hall–Kier alpha value is -2.52. The van der Waals surface area contributed by atoms with Gasteiger partial charge in [-0.3, -0.25) is 9.67 Å². The van der Waals surface area contributed by atoms with Crippen molar-refractivity contribution in [2.24, 2.45) is 5.41 Å². The van der Waals surface area contributed by atoms with Crippen LogP contribution in [-0.2, 0) is 13.0 Å². The molecule has 0 unspecified atom stereocenters. The summed E-state index contributed by atoms with van der Waals surface area (Å²) < 4.78 is 68.0. The lowest BCUT2D eigenvalue weighted by Gasteiger charge is -2.27. The standard InChI is InChI=1S/C18H20F5N3O2/c1-5-26-14(9(2)13(25-26)16(27)28)12-8-24-10(6-11(12)15(19)20)7-17(3,4)18(21,22)23/h6,8,15H,5,7H2,1-4H3,(H,27,28). The maximum atomic E-state index is 13.7. The Morgan fingerprint density at radius 2 is 1.89 bits per heavy atom. The molecule has 0 aliphatic heterocycles. The minimum Gasteiger partial charge on any atom is -0.476 e. The van der Waals surface area contributed by atoms with Gasteiger partial charge in [0.25, 0.3) is 6.43 Å². The summed E-state index contributed by atoms with van der Waals surface area (Å²) in [6.07, 6.45) is -7.02. The number of carboxylic acid groups (broad SMARTS) is 1. The van der Waals surface area contributed by atoms with Gasteiger partial charge in [0.1, 0.15) is 0 Å². The Labute approximate surface area is 158 Å². The molecule has 28 heavy (non-hydrogen) atoms. The van der Waals surface area contributed by atoms with E-state index < -0.39 is 36.0 Å². The predicted octanol–water partition coefficient (Wildman–Crippen LogP) is 5.04. The van der Waals surface area contributed by atoms with E-state index >= 15 is 0 Å². The molecule has 2 heterocycles. The van der Waals surface area contributed by atoms with Crippen LogP contribution in [0.25, 0.3) is 11.3 Å². The van der Waals surface area contributed by atoms with Gasteiger partial charge in [0.15, 0.2) is 5.69 Å². The van der Waals surface area contributed by atoms with E-state index in [4.69, 9.17) is 0 Å². The number of pyridine rings is 1. The van der Waals surface area contributed by atoms with Gasteiger partial charge in [-0.15, -0.1) is 0 Å². The average molecular weight is 405 g/mol. The van der Waals surface area contributed by atoms with E-state index in [9.17, 15) is 31.9 Å². The Morgan fingerprint density at radius 3 is 2.36 bits per heavy atom. The van der Waals surface area contributed by atoms with E-state index in [1.54, 1.807) is 6.92 Å². The van der Waals surface area contributed by atoms with Gasteiger partial charge >= 0.3 is 12.1 Å². The molecule has 0 spiro atoms. The number of hydrogen-bond acceptors (Lipinski definition) is 3. The highest BCUT2D eigenvalue weighted by molar-refractivity contribution is 5.89. The second-order valence-electron chi connectivity index (χ2n) is 7.07. The fraction of sp³-hybridized carbons (Fsp3) is 0.500. The topological polar surface area (TPSA) is 68.0 Å². The first-order valence-corrected chi connectivity index (χ1v) is 8.45. The van der Waals surface area contributed by atoms with Crippen LogP contribution in [0.1, 0.15) is 54.5 Å². The van der Waals surface area contributed by atoms with E-state index in [1.807, 2.05) is 0 Å². The number of hydrogen-bond donors (Lipinski definition) is 1. The molecular formula is C18H20F5N3O2. The maximum absolute atomic E-state index is 13.7. The molecule has 2 rings (SSSR count). The molecule has 0 radical (unpaired) electrons. The van der Waals surface area contributed by atoms with Gasteiger partial charge in [-0.2, -0.15) is 18.3 Å². The molecule has 0 bridgehead atoms. The van der Waals surface area contributed by atoms with Crippen LogP contribution < -0.4 is 0 Å². The molecule has 1 N–H and O–H groups in total. The number of alkyl halides is 5. The first kappa shape index (κ1) is 21.8. The molecule has 5 nitrogen and oxygen atoms in total. The van der Waals surface area contributed by atoms with Gasteiger partial charge in [0.05, 0.1) is 11.1 Å². The van der Waals surface area contributed by atoms with Gasteiger partial charge in [0.2, 0.25) is 0 Å². The number of aromatic carboxylic acids is 1. The fourth-order valence-electron chi connectivity index (χ4n) is 2.87. The van der Waals surface area contributed by atoms with E-state index in [-0.39, 0.29) is 34.8 Å². The van der Waals surface area contributed by atoms with Crippen LogP contribution in [0.3, 0.4) is 0 Å². The van der Waals surface area contributed by atoms with Gasteiger partial charge in [-0.25, -0.2) is 13.6 Å². The monoisotopic (exact) mass is 405 g/mol. The van der Waals surface area contributed by atoms with E-state index in [0.29, 0.717) is 0 Å². The van der Waals surface area contributed by atoms with Crippen molar-refractivity contribution in [1.29, 1.82) is 0 Å². The van der Waals surface area contributed by atoms with Gasteiger partial charge < -0.3 is 5.11 Å². The summed E-state index contributed by atoms with van der Waals surface area (Å²) in [5, 5.41) is 13.1. The van der Waals surface area contributed by atoms with Crippen LogP contribution in [0.15, 0.2) is 12.3 Å². The zero-order valence-corrected chi connectivity index (χ0v) is 15.7.